The molecule has 0 saturated heterocycles. The average Bonchev–Trinajstić information content (AvgIpc) is 2.64. The van der Waals surface area contributed by atoms with E-state index in [1.54, 1.807) is 4.68 Å². The third-order valence-electron chi connectivity index (χ3n) is 2.73. The molecule has 5 heteroatoms. The summed E-state index contributed by atoms with van der Waals surface area (Å²) in [5.74, 6) is 1.61. The van der Waals surface area contributed by atoms with Crippen molar-refractivity contribution in [3.8, 4) is 11.4 Å². The van der Waals surface area contributed by atoms with Gasteiger partial charge in [-0.05, 0) is 28.1 Å². The largest absolute Gasteiger partial charge is 0.397 e. The van der Waals surface area contributed by atoms with Crippen LogP contribution in [0.2, 0.25) is 0 Å². The summed E-state index contributed by atoms with van der Waals surface area (Å²) in [7, 11) is 1.89. The molecule has 0 saturated carbocycles. The summed E-state index contributed by atoms with van der Waals surface area (Å²) in [5.41, 5.74) is 7.59. The molecule has 2 aromatic rings. The third-order valence-corrected chi connectivity index (χ3v) is 3.42. The fraction of sp³-hybridized carbons (Fsp3) is 0.385. The molecule has 96 valence electrons. The van der Waals surface area contributed by atoms with Crippen LogP contribution < -0.4 is 5.73 Å². The Morgan fingerprint density at radius 3 is 2.50 bits per heavy atom. The maximum Gasteiger partial charge on any atom is 0.160 e. The predicted molar refractivity (Wildman–Crippen MR) is 77.3 cm³/mol. The molecule has 0 aliphatic carbocycles. The van der Waals surface area contributed by atoms with Crippen LogP contribution in [0.1, 0.15) is 26.6 Å². The second kappa shape index (κ2) is 4.39. The summed E-state index contributed by atoms with van der Waals surface area (Å²) in [4.78, 5) is 4.60. The molecule has 2 rings (SSSR count). The highest BCUT2D eigenvalue weighted by atomic mass is 79.9. The van der Waals surface area contributed by atoms with E-state index in [0.29, 0.717) is 5.69 Å². The zero-order valence-corrected chi connectivity index (χ0v) is 12.6. The molecule has 0 atom stereocenters. The quantitative estimate of drug-likeness (QED) is 0.823. The zero-order chi connectivity index (χ0) is 13.5. The molecule has 1 aromatic heterocycles. The van der Waals surface area contributed by atoms with Crippen molar-refractivity contribution in [3.63, 3.8) is 0 Å². The number of aromatic nitrogens is 3. The number of nitrogens with two attached hydrogens (primary N) is 1. The van der Waals surface area contributed by atoms with Gasteiger partial charge in [-0.15, -0.1) is 0 Å². The number of anilines is 1. The summed E-state index contributed by atoms with van der Waals surface area (Å²) in [5, 5.41) is 4.46. The Labute approximate surface area is 115 Å². The number of rotatable bonds is 1. The van der Waals surface area contributed by atoms with E-state index < -0.39 is 0 Å². The van der Waals surface area contributed by atoms with Gasteiger partial charge in [-0.3, -0.25) is 0 Å². The number of halogens is 1. The van der Waals surface area contributed by atoms with Gasteiger partial charge >= 0.3 is 0 Å². The minimum absolute atomic E-state index is 0.0726. The SMILES string of the molecule is Cn1nc(C(C)(C)C)nc1-c1cccc(Br)c1N. The molecule has 2 N–H and O–H groups in total. The molecule has 0 radical (unpaired) electrons. The number of benzene rings is 1. The minimum Gasteiger partial charge on any atom is -0.397 e. The first kappa shape index (κ1) is 13.1. The number of nitrogens with zero attached hydrogens (tertiary/aromatic N) is 3. The second-order valence-electron chi connectivity index (χ2n) is 5.33. The van der Waals surface area contributed by atoms with Gasteiger partial charge in [0.2, 0.25) is 0 Å². The normalized spacial score (nSPS) is 11.8. The molecule has 0 aliphatic heterocycles. The molecule has 1 aromatic carbocycles. The van der Waals surface area contributed by atoms with E-state index in [-0.39, 0.29) is 5.41 Å². The highest BCUT2D eigenvalue weighted by Gasteiger charge is 2.22. The fourth-order valence-electron chi connectivity index (χ4n) is 1.67. The van der Waals surface area contributed by atoms with E-state index in [0.717, 1.165) is 21.7 Å². The van der Waals surface area contributed by atoms with Gasteiger partial charge in [0.05, 0.1) is 5.69 Å². The highest BCUT2D eigenvalue weighted by molar-refractivity contribution is 9.10. The summed E-state index contributed by atoms with van der Waals surface area (Å²) >= 11 is 3.43. The lowest BCUT2D eigenvalue weighted by Crippen LogP contribution is -2.13. The first-order valence-corrected chi connectivity index (χ1v) is 6.56. The average molecular weight is 309 g/mol. The van der Waals surface area contributed by atoms with Crippen molar-refractivity contribution in [3.05, 3.63) is 28.5 Å². The third kappa shape index (κ3) is 2.27. The fourth-order valence-corrected chi connectivity index (χ4v) is 2.03. The van der Waals surface area contributed by atoms with Crippen LogP contribution in [0.3, 0.4) is 0 Å². The van der Waals surface area contributed by atoms with E-state index in [1.807, 2.05) is 25.2 Å². The van der Waals surface area contributed by atoms with Crippen molar-refractivity contribution >= 4 is 21.6 Å². The van der Waals surface area contributed by atoms with Crippen LogP contribution in [0.4, 0.5) is 5.69 Å². The molecule has 1 heterocycles. The Hall–Kier alpha value is -1.36. The van der Waals surface area contributed by atoms with Crippen LogP contribution in [0, 0.1) is 0 Å². The van der Waals surface area contributed by atoms with Crippen molar-refractivity contribution in [2.45, 2.75) is 26.2 Å². The number of para-hydroxylation sites is 1. The van der Waals surface area contributed by atoms with E-state index in [4.69, 9.17) is 5.73 Å². The molecular weight excluding hydrogens is 292 g/mol. The number of hydrogen-bond acceptors (Lipinski definition) is 3. The Morgan fingerprint density at radius 2 is 1.94 bits per heavy atom. The smallest absolute Gasteiger partial charge is 0.160 e. The van der Waals surface area contributed by atoms with Crippen LogP contribution in [0.15, 0.2) is 22.7 Å². The van der Waals surface area contributed by atoms with Crippen molar-refractivity contribution in [1.29, 1.82) is 0 Å². The molecule has 4 nitrogen and oxygen atoms in total. The van der Waals surface area contributed by atoms with Crippen LogP contribution in [-0.2, 0) is 12.5 Å². The summed E-state index contributed by atoms with van der Waals surface area (Å²) in [6, 6.07) is 5.82. The van der Waals surface area contributed by atoms with Crippen molar-refractivity contribution in [2.24, 2.45) is 7.05 Å². The van der Waals surface area contributed by atoms with E-state index in [9.17, 15) is 0 Å². The van der Waals surface area contributed by atoms with Gasteiger partial charge in [-0.1, -0.05) is 26.8 Å². The molecule has 0 aliphatic rings. The first-order chi connectivity index (χ1) is 8.30. The molecule has 0 fully saturated rings. The maximum atomic E-state index is 6.07. The number of nitrogen functional groups attached to an aromatic ring is 1. The van der Waals surface area contributed by atoms with Gasteiger partial charge < -0.3 is 5.73 Å². The van der Waals surface area contributed by atoms with Gasteiger partial charge in [0.15, 0.2) is 11.6 Å². The maximum absolute atomic E-state index is 6.07. The molecule has 0 unspecified atom stereocenters. The number of hydrogen-bond donors (Lipinski definition) is 1. The summed E-state index contributed by atoms with van der Waals surface area (Å²) in [6.07, 6.45) is 0. The molecular formula is C13H17BrN4. The Bertz CT molecular complexity index is 581. The van der Waals surface area contributed by atoms with Crippen LogP contribution >= 0.6 is 15.9 Å². The Balaban J connectivity index is 2.58. The minimum atomic E-state index is -0.0726. The second-order valence-corrected chi connectivity index (χ2v) is 6.19. The molecule has 0 bridgehead atoms. The van der Waals surface area contributed by atoms with Gasteiger partial charge in [0.1, 0.15) is 0 Å². The van der Waals surface area contributed by atoms with Gasteiger partial charge in [0.25, 0.3) is 0 Å². The van der Waals surface area contributed by atoms with Gasteiger partial charge in [0, 0.05) is 22.5 Å². The first-order valence-electron chi connectivity index (χ1n) is 5.76. The lowest BCUT2D eigenvalue weighted by Gasteiger charge is -2.12. The van der Waals surface area contributed by atoms with Crippen molar-refractivity contribution in [2.75, 3.05) is 5.73 Å². The van der Waals surface area contributed by atoms with E-state index in [2.05, 4.69) is 46.8 Å². The Kier molecular flexibility index (Phi) is 3.19. The lowest BCUT2D eigenvalue weighted by atomic mass is 9.96. The molecule has 0 amide bonds. The monoisotopic (exact) mass is 308 g/mol. The van der Waals surface area contributed by atoms with Gasteiger partial charge in [-0.2, -0.15) is 5.10 Å². The van der Waals surface area contributed by atoms with E-state index in [1.165, 1.54) is 0 Å². The van der Waals surface area contributed by atoms with Crippen LogP contribution in [0.25, 0.3) is 11.4 Å². The summed E-state index contributed by atoms with van der Waals surface area (Å²) < 4.78 is 2.65. The standard InChI is InChI=1S/C13H17BrN4/c1-13(2,3)12-16-11(18(4)17-12)8-6-5-7-9(14)10(8)15/h5-7H,15H2,1-4H3. The predicted octanol–water partition coefficient (Wildman–Crippen LogP) is 3.12. The van der Waals surface area contributed by atoms with Gasteiger partial charge in [-0.25, -0.2) is 9.67 Å². The van der Waals surface area contributed by atoms with Crippen molar-refractivity contribution in [1.82, 2.24) is 14.8 Å². The topological polar surface area (TPSA) is 56.7 Å². The van der Waals surface area contributed by atoms with Crippen molar-refractivity contribution < 1.29 is 0 Å². The number of aryl methyl sites for hydroxylation is 1. The lowest BCUT2D eigenvalue weighted by molar-refractivity contribution is 0.538. The van der Waals surface area contributed by atoms with E-state index >= 15 is 0 Å². The highest BCUT2D eigenvalue weighted by Crippen LogP contribution is 2.31. The summed E-state index contributed by atoms with van der Waals surface area (Å²) in [6.45, 7) is 6.28. The van der Waals surface area contributed by atoms with Crippen LogP contribution in [-0.4, -0.2) is 14.8 Å². The zero-order valence-electron chi connectivity index (χ0n) is 11.0. The molecule has 0 spiro atoms. The Morgan fingerprint density at radius 1 is 1.28 bits per heavy atom. The van der Waals surface area contributed by atoms with Crippen LogP contribution in [0.5, 0.6) is 0 Å². The molecule has 18 heavy (non-hydrogen) atoms.